The van der Waals surface area contributed by atoms with Gasteiger partial charge in [-0.3, -0.25) is 0 Å². The maximum Gasteiger partial charge on any atom is 0.328 e. The lowest BCUT2D eigenvalue weighted by molar-refractivity contribution is -0.145. The van der Waals surface area contributed by atoms with Crippen LogP contribution >= 0.6 is 58.0 Å². The summed E-state index contributed by atoms with van der Waals surface area (Å²) in [4.78, 5) is 11.5. The number of hydrogen-bond donors (Lipinski definition) is 0. The van der Waals surface area contributed by atoms with Crippen LogP contribution in [0.3, 0.4) is 0 Å². The number of carbonyl (C=O) groups is 1. The number of alkyl halides is 3. The minimum atomic E-state index is -1.54. The van der Waals surface area contributed by atoms with Crippen LogP contribution in [0.25, 0.3) is 0 Å². The van der Waals surface area contributed by atoms with Crippen LogP contribution in [0.5, 0.6) is 0 Å². The summed E-state index contributed by atoms with van der Waals surface area (Å²) in [5.41, 5.74) is 0. The van der Waals surface area contributed by atoms with Crippen LogP contribution in [0.2, 0.25) is 0 Å². The number of halogens is 5. The minimum absolute atomic E-state index is 0.0864. The zero-order valence-electron chi connectivity index (χ0n) is 7.94. The van der Waals surface area contributed by atoms with E-state index >= 15 is 0 Å². The smallest absolute Gasteiger partial charge is 0.328 e. The average Bonchev–Trinajstić information content (AvgIpc) is 2.50. The molecule has 2 unspecified atom stereocenters. The van der Waals surface area contributed by atoms with Crippen LogP contribution in [0.15, 0.2) is 10.2 Å². The van der Waals surface area contributed by atoms with Crippen molar-refractivity contribution in [3.05, 3.63) is 10.2 Å². The Morgan fingerprint density at radius 1 is 1.44 bits per heavy atom. The molecule has 0 radical (unpaired) electrons. The molecule has 0 N–H and O–H groups in total. The van der Waals surface area contributed by atoms with Gasteiger partial charge in [0.1, 0.15) is 16.1 Å². The number of nitrogens with zero attached hydrogens (tertiary/aromatic N) is 1. The fraction of sp³-hybridized carbons (Fsp3) is 0.625. The monoisotopic (exact) mass is 323 g/mol. The molecule has 0 aromatic carbocycles. The van der Waals surface area contributed by atoms with Gasteiger partial charge in [0.15, 0.2) is 0 Å². The van der Waals surface area contributed by atoms with Crippen molar-refractivity contribution < 1.29 is 9.53 Å². The van der Waals surface area contributed by atoms with E-state index in [1.165, 1.54) is 12.0 Å². The van der Waals surface area contributed by atoms with E-state index in [1.807, 2.05) is 0 Å². The van der Waals surface area contributed by atoms with Crippen molar-refractivity contribution in [2.75, 3.05) is 7.11 Å². The number of ether oxygens (including phenoxy) is 1. The highest BCUT2D eigenvalue weighted by molar-refractivity contribution is 6.59. The molecule has 0 aromatic rings. The Kier molecular flexibility index (Phi) is 3.00. The zero-order valence-corrected chi connectivity index (χ0v) is 11.7. The van der Waals surface area contributed by atoms with E-state index in [2.05, 4.69) is 4.74 Å². The van der Waals surface area contributed by atoms with Crippen LogP contribution in [0, 0.1) is 0 Å². The molecule has 1 saturated heterocycles. The first-order valence-electron chi connectivity index (χ1n) is 4.27. The highest BCUT2D eigenvalue weighted by atomic mass is 35.5. The molecular formula is C8H6Cl5NO2. The Bertz CT molecular complexity index is 396. The highest BCUT2D eigenvalue weighted by Crippen LogP contribution is 2.64. The molecule has 2 atom stereocenters. The van der Waals surface area contributed by atoms with Crippen molar-refractivity contribution in [1.29, 1.82) is 0 Å². The molecule has 0 saturated carbocycles. The summed E-state index contributed by atoms with van der Waals surface area (Å²) in [6.45, 7) is 0. The first-order chi connectivity index (χ1) is 7.27. The first kappa shape index (κ1) is 12.9. The van der Waals surface area contributed by atoms with Crippen molar-refractivity contribution in [2.45, 2.75) is 21.8 Å². The molecule has 8 heteroatoms. The predicted molar refractivity (Wildman–Crippen MR) is 64.0 cm³/mol. The van der Waals surface area contributed by atoms with Gasteiger partial charge in [-0.05, 0) is 0 Å². The van der Waals surface area contributed by atoms with E-state index in [0.29, 0.717) is 0 Å². The third-order valence-electron chi connectivity index (χ3n) is 2.78. The van der Waals surface area contributed by atoms with Gasteiger partial charge in [-0.1, -0.05) is 46.4 Å². The van der Waals surface area contributed by atoms with Crippen LogP contribution in [0.1, 0.15) is 6.42 Å². The number of rotatable bonds is 1. The van der Waals surface area contributed by atoms with Gasteiger partial charge in [0.05, 0.1) is 12.1 Å². The second-order valence-electron chi connectivity index (χ2n) is 3.56. The molecule has 1 fully saturated rings. The second kappa shape index (κ2) is 3.72. The van der Waals surface area contributed by atoms with Gasteiger partial charge in [0, 0.05) is 6.42 Å². The molecule has 3 nitrogen and oxygen atoms in total. The van der Waals surface area contributed by atoms with E-state index < -0.39 is 21.3 Å². The van der Waals surface area contributed by atoms with Gasteiger partial charge in [-0.15, -0.1) is 11.6 Å². The van der Waals surface area contributed by atoms with Gasteiger partial charge in [-0.25, -0.2) is 4.79 Å². The van der Waals surface area contributed by atoms with Gasteiger partial charge >= 0.3 is 5.97 Å². The normalized spacial score (nSPS) is 35.9. The molecule has 2 heterocycles. The summed E-state index contributed by atoms with van der Waals surface area (Å²) in [7, 11) is 1.26. The van der Waals surface area contributed by atoms with Crippen molar-refractivity contribution in [3.63, 3.8) is 0 Å². The molecule has 2 aliphatic heterocycles. The van der Waals surface area contributed by atoms with Gasteiger partial charge < -0.3 is 9.64 Å². The van der Waals surface area contributed by atoms with E-state index in [9.17, 15) is 4.79 Å². The Morgan fingerprint density at radius 3 is 2.38 bits per heavy atom. The van der Waals surface area contributed by atoms with Crippen molar-refractivity contribution in [1.82, 2.24) is 4.90 Å². The summed E-state index contributed by atoms with van der Waals surface area (Å²) in [5, 5.41) is 0.240. The molecule has 90 valence electrons. The lowest BCUT2D eigenvalue weighted by Gasteiger charge is -2.29. The SMILES string of the molecule is COC(=O)C1CC2(Cl)C(Cl)=C(Cl)N1C2(Cl)Cl. The Labute approximate surface area is 117 Å². The molecule has 2 aliphatic rings. The molecule has 0 aromatic heterocycles. The maximum absolute atomic E-state index is 11.5. The Balaban J connectivity index is 2.48. The predicted octanol–water partition coefficient (Wildman–Crippen LogP) is 3.00. The lowest BCUT2D eigenvalue weighted by atomic mass is 10.0. The second-order valence-corrected chi connectivity index (χ2v) is 6.23. The fourth-order valence-corrected chi connectivity index (χ4v) is 3.96. The van der Waals surface area contributed by atoms with E-state index in [0.717, 1.165) is 0 Å². The summed E-state index contributed by atoms with van der Waals surface area (Å²) in [6.07, 6.45) is 0.156. The maximum atomic E-state index is 11.5. The average molecular weight is 325 g/mol. The van der Waals surface area contributed by atoms with Crippen LogP contribution in [-0.2, 0) is 9.53 Å². The first-order valence-corrected chi connectivity index (χ1v) is 6.16. The molecule has 2 rings (SSSR count). The summed E-state index contributed by atoms with van der Waals surface area (Å²) >= 11 is 30.3. The van der Waals surface area contributed by atoms with Gasteiger partial charge in [0.25, 0.3) is 0 Å². The van der Waals surface area contributed by atoms with Crippen molar-refractivity contribution >= 4 is 64.0 Å². The topological polar surface area (TPSA) is 29.5 Å². The largest absolute Gasteiger partial charge is 0.467 e. The molecule has 0 spiro atoms. The van der Waals surface area contributed by atoms with E-state index in [1.54, 1.807) is 0 Å². The zero-order chi connectivity index (χ0) is 12.3. The number of esters is 1. The van der Waals surface area contributed by atoms with Gasteiger partial charge in [-0.2, -0.15) is 0 Å². The van der Waals surface area contributed by atoms with Crippen LogP contribution in [0.4, 0.5) is 0 Å². The highest BCUT2D eigenvalue weighted by Gasteiger charge is 2.70. The molecular weight excluding hydrogens is 319 g/mol. The Hall–Kier alpha value is 0.460. The summed E-state index contributed by atoms with van der Waals surface area (Å²) in [6, 6.07) is -0.715. The fourth-order valence-electron chi connectivity index (χ4n) is 1.94. The van der Waals surface area contributed by atoms with E-state index in [-0.39, 0.29) is 16.6 Å². The van der Waals surface area contributed by atoms with E-state index in [4.69, 9.17) is 58.0 Å². The third kappa shape index (κ3) is 1.33. The Morgan fingerprint density at radius 2 is 2.00 bits per heavy atom. The summed E-state index contributed by atoms with van der Waals surface area (Å²) < 4.78 is 3.09. The molecule has 2 bridgehead atoms. The number of fused-ring (bicyclic) bond motifs is 2. The quantitative estimate of drug-likeness (QED) is 0.422. The standard InChI is InChI=1S/C8H6Cl5NO2/c1-16-6(15)3-2-7(11)4(9)5(10)14(3)8(7,12)13/h3H,2H2,1H3. The van der Waals surface area contributed by atoms with Crippen LogP contribution in [-0.4, -0.2) is 33.4 Å². The minimum Gasteiger partial charge on any atom is -0.467 e. The lowest BCUT2D eigenvalue weighted by Crippen LogP contribution is -2.42. The number of methoxy groups -OCH3 is 1. The van der Waals surface area contributed by atoms with Crippen molar-refractivity contribution in [2.24, 2.45) is 0 Å². The number of hydrogen-bond acceptors (Lipinski definition) is 3. The van der Waals surface area contributed by atoms with Gasteiger partial charge in [0.2, 0.25) is 4.46 Å². The molecule has 16 heavy (non-hydrogen) atoms. The van der Waals surface area contributed by atoms with Crippen molar-refractivity contribution in [3.8, 4) is 0 Å². The number of carbonyl (C=O) groups excluding carboxylic acids is 1. The molecule has 0 aliphatic carbocycles. The molecule has 0 amide bonds. The van der Waals surface area contributed by atoms with Crippen LogP contribution < -0.4 is 0 Å². The third-order valence-corrected chi connectivity index (χ3v) is 5.67. The summed E-state index contributed by atoms with van der Waals surface area (Å²) in [5.74, 6) is -0.504.